The smallest absolute Gasteiger partial charge is 0.243 e. The molecular weight excluding hydrogens is 364 g/mol. The van der Waals surface area contributed by atoms with Gasteiger partial charge < -0.3 is 10.5 Å². The maximum atomic E-state index is 12.7. The van der Waals surface area contributed by atoms with Crippen LogP contribution in [0.2, 0.25) is 0 Å². The summed E-state index contributed by atoms with van der Waals surface area (Å²) in [5, 5.41) is 0. The summed E-state index contributed by atoms with van der Waals surface area (Å²) >= 11 is 0. The fraction of sp³-hybridized carbons (Fsp3) is 0.625. The molecule has 1 aromatic rings. The molecule has 1 saturated heterocycles. The number of hydrogen-bond donors (Lipinski definition) is 1. The number of nitrogens with two attached hydrogens (primary N) is 1. The number of ether oxygens (including phenoxy) is 1. The van der Waals surface area contributed by atoms with Gasteiger partial charge in [-0.2, -0.15) is 4.31 Å². The van der Waals surface area contributed by atoms with Gasteiger partial charge in [0.2, 0.25) is 10.0 Å². The van der Waals surface area contributed by atoms with Gasteiger partial charge in [0.25, 0.3) is 0 Å². The quantitative estimate of drug-likeness (QED) is 0.705. The van der Waals surface area contributed by atoms with E-state index in [-0.39, 0.29) is 28.4 Å². The van der Waals surface area contributed by atoms with E-state index in [1.54, 1.807) is 19.1 Å². The zero-order valence-electron chi connectivity index (χ0n) is 14.6. The Morgan fingerprint density at radius 1 is 1.20 bits per heavy atom. The van der Waals surface area contributed by atoms with Crippen LogP contribution in [0.1, 0.15) is 20.3 Å². The van der Waals surface area contributed by atoms with Gasteiger partial charge in [-0.15, -0.1) is 0 Å². The molecule has 9 heteroatoms. The molecule has 0 saturated carbocycles. The van der Waals surface area contributed by atoms with Crippen molar-refractivity contribution in [3.05, 3.63) is 24.3 Å². The standard InChI is InChI=1S/C16H26N2O5S2/c1-3-24(19,20)11-10-23-14-4-6-15(7-5-14)25(21,22)18-9-8-16(2,12-17)13-18/h4-7H,3,8-13,17H2,1-2H3. The average Bonchev–Trinajstić information content (AvgIpc) is 2.99. The number of hydrogen-bond acceptors (Lipinski definition) is 6. The highest BCUT2D eigenvalue weighted by molar-refractivity contribution is 7.91. The number of sulfone groups is 1. The summed E-state index contributed by atoms with van der Waals surface area (Å²) in [7, 11) is -6.64. The molecule has 0 aliphatic carbocycles. The van der Waals surface area contributed by atoms with E-state index in [0.29, 0.717) is 25.4 Å². The Bertz CT molecular complexity index is 790. The lowest BCUT2D eigenvalue weighted by Gasteiger charge is -2.22. The van der Waals surface area contributed by atoms with Crippen molar-refractivity contribution < 1.29 is 21.6 Å². The molecule has 1 heterocycles. The number of benzene rings is 1. The van der Waals surface area contributed by atoms with E-state index in [1.165, 1.54) is 16.4 Å². The molecule has 1 aromatic carbocycles. The second-order valence-corrected chi connectivity index (χ2v) is 11.1. The van der Waals surface area contributed by atoms with Crippen molar-refractivity contribution in [2.45, 2.75) is 25.2 Å². The molecular formula is C16H26N2O5S2. The van der Waals surface area contributed by atoms with Crippen molar-refractivity contribution in [3.8, 4) is 5.75 Å². The molecule has 2 rings (SSSR count). The molecule has 1 fully saturated rings. The summed E-state index contributed by atoms with van der Waals surface area (Å²) in [5.41, 5.74) is 5.56. The Kier molecular flexibility index (Phi) is 6.13. The second kappa shape index (κ2) is 7.61. The normalized spacial score (nSPS) is 22.2. The minimum Gasteiger partial charge on any atom is -0.493 e. The van der Waals surface area contributed by atoms with Crippen LogP contribution in [0.4, 0.5) is 0 Å². The number of sulfonamides is 1. The van der Waals surface area contributed by atoms with Crippen molar-refractivity contribution in [2.24, 2.45) is 11.1 Å². The van der Waals surface area contributed by atoms with Crippen molar-refractivity contribution in [1.29, 1.82) is 0 Å². The van der Waals surface area contributed by atoms with Gasteiger partial charge in [-0.1, -0.05) is 13.8 Å². The van der Waals surface area contributed by atoms with Gasteiger partial charge in [0.1, 0.15) is 12.4 Å². The van der Waals surface area contributed by atoms with Crippen LogP contribution < -0.4 is 10.5 Å². The molecule has 1 unspecified atom stereocenters. The number of nitrogens with zero attached hydrogens (tertiary/aromatic N) is 1. The molecule has 1 atom stereocenters. The molecule has 0 aromatic heterocycles. The minimum atomic E-state index is -3.56. The van der Waals surface area contributed by atoms with Crippen LogP contribution in [0.5, 0.6) is 5.75 Å². The third kappa shape index (κ3) is 4.93. The molecule has 0 bridgehead atoms. The summed E-state index contributed by atoms with van der Waals surface area (Å²) < 4.78 is 55.1. The zero-order valence-corrected chi connectivity index (χ0v) is 16.3. The van der Waals surface area contributed by atoms with E-state index >= 15 is 0 Å². The average molecular weight is 391 g/mol. The van der Waals surface area contributed by atoms with Crippen molar-refractivity contribution in [1.82, 2.24) is 4.31 Å². The minimum absolute atomic E-state index is 0.0449. The Morgan fingerprint density at radius 2 is 1.84 bits per heavy atom. The van der Waals surface area contributed by atoms with Crippen LogP contribution in [-0.2, 0) is 19.9 Å². The van der Waals surface area contributed by atoms with E-state index in [4.69, 9.17) is 10.5 Å². The molecule has 7 nitrogen and oxygen atoms in total. The molecule has 2 N–H and O–H groups in total. The monoisotopic (exact) mass is 390 g/mol. The van der Waals surface area contributed by atoms with E-state index in [1.807, 2.05) is 6.92 Å². The summed E-state index contributed by atoms with van der Waals surface area (Å²) in [5.74, 6) is 0.457. The molecule has 1 aliphatic rings. The molecule has 25 heavy (non-hydrogen) atoms. The lowest BCUT2D eigenvalue weighted by molar-refractivity contribution is 0.340. The Morgan fingerprint density at radius 3 is 2.36 bits per heavy atom. The van der Waals surface area contributed by atoms with Crippen LogP contribution in [-0.4, -0.2) is 58.9 Å². The summed E-state index contributed by atoms with van der Waals surface area (Å²) in [4.78, 5) is 0.197. The fourth-order valence-corrected chi connectivity index (χ4v) is 4.86. The van der Waals surface area contributed by atoms with Gasteiger partial charge in [-0.3, -0.25) is 0 Å². The van der Waals surface area contributed by atoms with Gasteiger partial charge in [0.15, 0.2) is 9.84 Å². The molecule has 0 radical (unpaired) electrons. The third-order valence-corrected chi connectivity index (χ3v) is 8.11. The maximum absolute atomic E-state index is 12.7. The van der Waals surface area contributed by atoms with E-state index in [9.17, 15) is 16.8 Å². The highest BCUT2D eigenvalue weighted by Crippen LogP contribution is 2.32. The largest absolute Gasteiger partial charge is 0.493 e. The van der Waals surface area contributed by atoms with Gasteiger partial charge in [0.05, 0.1) is 10.6 Å². The molecule has 0 spiro atoms. The number of rotatable bonds is 8. The fourth-order valence-electron chi connectivity index (χ4n) is 2.64. The van der Waals surface area contributed by atoms with Gasteiger partial charge in [-0.25, -0.2) is 16.8 Å². The lowest BCUT2D eigenvalue weighted by atomic mass is 9.90. The molecule has 1 aliphatic heterocycles. The SMILES string of the molecule is CCS(=O)(=O)CCOc1ccc(S(=O)(=O)N2CCC(C)(CN)C2)cc1. The summed E-state index contributed by atoms with van der Waals surface area (Å²) in [6.45, 7) is 4.95. The van der Waals surface area contributed by atoms with E-state index in [2.05, 4.69) is 0 Å². The topological polar surface area (TPSA) is 107 Å². The van der Waals surface area contributed by atoms with Crippen LogP contribution in [0, 0.1) is 5.41 Å². The van der Waals surface area contributed by atoms with E-state index < -0.39 is 19.9 Å². The van der Waals surface area contributed by atoms with Crippen molar-refractivity contribution >= 4 is 19.9 Å². The predicted octanol–water partition coefficient (Wildman–Crippen LogP) is 0.860. The van der Waals surface area contributed by atoms with Gasteiger partial charge in [0, 0.05) is 18.8 Å². The first-order valence-corrected chi connectivity index (χ1v) is 11.5. The lowest BCUT2D eigenvalue weighted by Crippen LogP contribution is -2.34. The predicted molar refractivity (Wildman–Crippen MR) is 96.8 cm³/mol. The highest BCUT2D eigenvalue weighted by Gasteiger charge is 2.38. The summed E-state index contributed by atoms with van der Waals surface area (Å²) in [6.07, 6.45) is 0.746. The Labute approximate surface area is 150 Å². The van der Waals surface area contributed by atoms with Crippen LogP contribution in [0.15, 0.2) is 29.2 Å². The molecule has 142 valence electrons. The van der Waals surface area contributed by atoms with Crippen LogP contribution in [0.25, 0.3) is 0 Å². The molecule has 0 amide bonds. The first-order valence-electron chi connectivity index (χ1n) is 8.25. The Hall–Kier alpha value is -1.16. The van der Waals surface area contributed by atoms with Gasteiger partial charge >= 0.3 is 0 Å². The first kappa shape index (κ1) is 20.2. The first-order chi connectivity index (χ1) is 11.6. The Balaban J connectivity index is 2.02. The van der Waals surface area contributed by atoms with Crippen molar-refractivity contribution in [3.63, 3.8) is 0 Å². The van der Waals surface area contributed by atoms with Crippen LogP contribution >= 0.6 is 0 Å². The summed E-state index contributed by atoms with van der Waals surface area (Å²) in [6, 6.07) is 6.06. The maximum Gasteiger partial charge on any atom is 0.243 e. The van der Waals surface area contributed by atoms with Gasteiger partial charge in [-0.05, 0) is 42.6 Å². The second-order valence-electron chi connectivity index (χ2n) is 6.66. The zero-order chi connectivity index (χ0) is 18.7. The van der Waals surface area contributed by atoms with E-state index in [0.717, 1.165) is 6.42 Å². The highest BCUT2D eigenvalue weighted by atomic mass is 32.2. The van der Waals surface area contributed by atoms with Crippen molar-refractivity contribution in [2.75, 3.05) is 37.7 Å². The van der Waals surface area contributed by atoms with Crippen LogP contribution in [0.3, 0.4) is 0 Å². The third-order valence-electron chi connectivity index (χ3n) is 4.58.